The number of nitrogens with zero attached hydrogens (tertiary/aromatic N) is 1. The first-order valence-corrected chi connectivity index (χ1v) is 6.38. The normalized spacial score (nSPS) is 21.1. The minimum atomic E-state index is -0.700. The average Bonchev–Trinajstić information content (AvgIpc) is 2.49. The number of hydrogen-bond donors (Lipinski definition) is 0. The van der Waals surface area contributed by atoms with Crippen LogP contribution in [0.25, 0.3) is 0 Å². The highest BCUT2D eigenvalue weighted by atomic mass is 16.5. The van der Waals surface area contributed by atoms with Gasteiger partial charge in [-0.05, 0) is 12.5 Å². The predicted molar refractivity (Wildman–Crippen MR) is 74.9 cm³/mol. The average molecular weight is 271 g/mol. The Kier molecular flexibility index (Phi) is 4.18. The predicted octanol–water partition coefficient (Wildman–Crippen LogP) is 1.71. The number of likely N-dealkylation sites (tertiary alicyclic amines) is 1. The van der Waals surface area contributed by atoms with E-state index < -0.39 is 12.1 Å². The molecule has 20 heavy (non-hydrogen) atoms. The van der Waals surface area contributed by atoms with E-state index >= 15 is 0 Å². The number of carbonyl (C=O) groups is 2. The van der Waals surface area contributed by atoms with Crippen molar-refractivity contribution in [1.82, 2.24) is 4.90 Å². The van der Waals surface area contributed by atoms with Gasteiger partial charge in [-0.1, -0.05) is 36.9 Å². The van der Waals surface area contributed by atoms with Gasteiger partial charge in [-0.15, -0.1) is 5.73 Å². The Morgan fingerprint density at radius 3 is 2.60 bits per heavy atom. The highest BCUT2D eigenvalue weighted by Gasteiger charge is 2.51. The third kappa shape index (κ3) is 2.44. The number of benzene rings is 1. The van der Waals surface area contributed by atoms with E-state index in [1.807, 2.05) is 30.3 Å². The number of rotatable bonds is 5. The van der Waals surface area contributed by atoms with Crippen molar-refractivity contribution in [2.45, 2.75) is 25.6 Å². The summed E-state index contributed by atoms with van der Waals surface area (Å²) in [6, 6.07) is 8.98. The molecule has 1 saturated heterocycles. The lowest BCUT2D eigenvalue weighted by molar-refractivity contribution is -0.174. The largest absolute Gasteiger partial charge is 0.369 e. The lowest BCUT2D eigenvalue weighted by Crippen LogP contribution is -2.68. The fourth-order valence-corrected chi connectivity index (χ4v) is 2.29. The van der Waals surface area contributed by atoms with E-state index in [0.29, 0.717) is 12.1 Å². The monoisotopic (exact) mass is 271 g/mol. The summed E-state index contributed by atoms with van der Waals surface area (Å²) in [5, 5.41) is 0. The molecular weight excluding hydrogens is 254 g/mol. The van der Waals surface area contributed by atoms with Crippen LogP contribution < -0.4 is 0 Å². The molecule has 0 unspecified atom stereocenters. The van der Waals surface area contributed by atoms with Gasteiger partial charge in [-0.25, -0.2) is 0 Å². The molecule has 0 bridgehead atoms. The summed E-state index contributed by atoms with van der Waals surface area (Å²) in [6.45, 7) is 5.52. The fraction of sp³-hybridized carbons (Fsp3) is 0.312. The molecular formula is C16H17NO3. The van der Waals surface area contributed by atoms with E-state index in [4.69, 9.17) is 4.74 Å². The minimum Gasteiger partial charge on any atom is -0.369 e. The summed E-state index contributed by atoms with van der Waals surface area (Å²) in [5.41, 5.74) is 3.98. The standard InChI is InChI=1S/C16H17NO3/c1-4-11(2)14(18)13-15(20-3)16(19)17(13)10-12-8-6-5-7-9-12/h5-9,13,15H,1,10H2,2-3H3/t13-,15+/m0/s1. The van der Waals surface area contributed by atoms with Gasteiger partial charge in [-0.3, -0.25) is 9.59 Å². The third-order valence-corrected chi connectivity index (χ3v) is 3.50. The Hall–Kier alpha value is -2.16. The SMILES string of the molecule is C=C=C(C)C(=O)[C@H]1[C@@H](OC)C(=O)N1Cc1ccccc1. The molecule has 1 amide bonds. The van der Waals surface area contributed by atoms with Crippen molar-refractivity contribution >= 4 is 11.7 Å². The summed E-state index contributed by atoms with van der Waals surface area (Å²) >= 11 is 0. The molecule has 0 aliphatic carbocycles. The molecule has 0 aromatic heterocycles. The maximum absolute atomic E-state index is 12.3. The molecule has 1 aliphatic heterocycles. The van der Waals surface area contributed by atoms with Crippen LogP contribution in [0.15, 0.2) is 48.2 Å². The van der Waals surface area contributed by atoms with E-state index in [9.17, 15) is 9.59 Å². The molecule has 0 N–H and O–H groups in total. The molecule has 0 radical (unpaired) electrons. The second-order valence-corrected chi connectivity index (χ2v) is 4.72. The lowest BCUT2D eigenvalue weighted by Gasteiger charge is -2.45. The molecule has 1 aliphatic rings. The fourth-order valence-electron chi connectivity index (χ4n) is 2.29. The quantitative estimate of drug-likeness (QED) is 0.465. The number of amides is 1. The number of Topliss-reactive ketones (excluding diaryl/α,β-unsaturated/α-hetero) is 1. The van der Waals surface area contributed by atoms with Crippen LogP contribution >= 0.6 is 0 Å². The molecule has 4 nitrogen and oxygen atoms in total. The van der Waals surface area contributed by atoms with Crippen LogP contribution in [0.1, 0.15) is 12.5 Å². The van der Waals surface area contributed by atoms with Crippen molar-refractivity contribution in [3.63, 3.8) is 0 Å². The zero-order valence-corrected chi connectivity index (χ0v) is 11.6. The van der Waals surface area contributed by atoms with Crippen molar-refractivity contribution < 1.29 is 14.3 Å². The molecule has 0 saturated carbocycles. The van der Waals surface area contributed by atoms with Gasteiger partial charge in [0.25, 0.3) is 5.91 Å². The van der Waals surface area contributed by atoms with E-state index in [-0.39, 0.29) is 11.7 Å². The van der Waals surface area contributed by atoms with Gasteiger partial charge in [0.1, 0.15) is 6.04 Å². The highest BCUT2D eigenvalue weighted by molar-refractivity contribution is 6.08. The van der Waals surface area contributed by atoms with Gasteiger partial charge >= 0.3 is 0 Å². The van der Waals surface area contributed by atoms with Crippen LogP contribution in [0.2, 0.25) is 0 Å². The zero-order chi connectivity index (χ0) is 14.7. The molecule has 2 atom stereocenters. The van der Waals surface area contributed by atoms with Crippen molar-refractivity contribution in [3.8, 4) is 0 Å². The van der Waals surface area contributed by atoms with E-state index in [2.05, 4.69) is 12.3 Å². The molecule has 1 fully saturated rings. The van der Waals surface area contributed by atoms with Crippen molar-refractivity contribution in [3.05, 3.63) is 53.8 Å². The smallest absolute Gasteiger partial charge is 0.255 e. The van der Waals surface area contributed by atoms with Crippen LogP contribution in [0, 0.1) is 0 Å². The number of ketones is 1. The lowest BCUT2D eigenvalue weighted by atomic mass is 9.90. The molecule has 2 rings (SSSR count). The van der Waals surface area contributed by atoms with Gasteiger partial charge in [0, 0.05) is 19.2 Å². The van der Waals surface area contributed by atoms with Crippen molar-refractivity contribution in [2.24, 2.45) is 0 Å². The molecule has 1 aromatic carbocycles. The maximum atomic E-state index is 12.3. The van der Waals surface area contributed by atoms with Crippen LogP contribution in [0.5, 0.6) is 0 Å². The second kappa shape index (κ2) is 5.87. The maximum Gasteiger partial charge on any atom is 0.255 e. The number of methoxy groups -OCH3 is 1. The van der Waals surface area contributed by atoms with Gasteiger partial charge in [-0.2, -0.15) is 0 Å². The molecule has 1 heterocycles. The topological polar surface area (TPSA) is 46.6 Å². The first-order chi connectivity index (χ1) is 9.60. The van der Waals surface area contributed by atoms with E-state index in [1.54, 1.807) is 6.92 Å². The number of β-lactam (4-membered cyclic amide) rings is 1. The van der Waals surface area contributed by atoms with E-state index in [1.165, 1.54) is 12.0 Å². The van der Waals surface area contributed by atoms with Crippen molar-refractivity contribution in [1.29, 1.82) is 0 Å². The number of carbonyl (C=O) groups excluding carboxylic acids is 2. The van der Waals surface area contributed by atoms with Crippen LogP contribution in [-0.2, 0) is 20.9 Å². The zero-order valence-electron chi connectivity index (χ0n) is 11.6. The second-order valence-electron chi connectivity index (χ2n) is 4.72. The molecule has 104 valence electrons. The summed E-state index contributed by atoms with van der Waals surface area (Å²) in [4.78, 5) is 25.8. The number of hydrogen-bond acceptors (Lipinski definition) is 3. The Bertz CT molecular complexity index is 573. The first kappa shape index (κ1) is 14.3. The summed E-state index contributed by atoms with van der Waals surface area (Å²) in [7, 11) is 1.44. The molecule has 4 heteroatoms. The van der Waals surface area contributed by atoms with Gasteiger partial charge in [0.15, 0.2) is 11.9 Å². The van der Waals surface area contributed by atoms with Crippen LogP contribution in [-0.4, -0.2) is 35.8 Å². The van der Waals surface area contributed by atoms with Crippen LogP contribution in [0.4, 0.5) is 0 Å². The Balaban J connectivity index is 2.21. The van der Waals surface area contributed by atoms with Crippen LogP contribution in [0.3, 0.4) is 0 Å². The van der Waals surface area contributed by atoms with Gasteiger partial charge in [0.05, 0.1) is 0 Å². The van der Waals surface area contributed by atoms with Gasteiger partial charge < -0.3 is 9.64 Å². The molecule has 0 spiro atoms. The number of ether oxygens (including phenoxy) is 1. The Morgan fingerprint density at radius 1 is 1.40 bits per heavy atom. The Labute approximate surface area is 118 Å². The van der Waals surface area contributed by atoms with Gasteiger partial charge in [0.2, 0.25) is 0 Å². The highest BCUT2D eigenvalue weighted by Crippen LogP contribution is 2.27. The minimum absolute atomic E-state index is 0.161. The third-order valence-electron chi connectivity index (χ3n) is 3.50. The van der Waals surface area contributed by atoms with E-state index in [0.717, 1.165) is 5.56 Å². The first-order valence-electron chi connectivity index (χ1n) is 6.38. The summed E-state index contributed by atoms with van der Waals surface area (Å²) in [6.07, 6.45) is -0.700. The summed E-state index contributed by atoms with van der Waals surface area (Å²) < 4.78 is 5.12. The van der Waals surface area contributed by atoms with Crippen molar-refractivity contribution in [2.75, 3.05) is 7.11 Å². The Morgan fingerprint density at radius 2 is 2.05 bits per heavy atom. The summed E-state index contributed by atoms with van der Waals surface area (Å²) in [5.74, 6) is -0.325. The molecule has 1 aromatic rings.